The summed E-state index contributed by atoms with van der Waals surface area (Å²) in [4.78, 5) is 48.3. The van der Waals surface area contributed by atoms with Gasteiger partial charge in [0.25, 0.3) is 5.91 Å². The summed E-state index contributed by atoms with van der Waals surface area (Å²) in [7, 11) is 0. The Morgan fingerprint density at radius 3 is 2.48 bits per heavy atom. The number of hydroxylamine groups is 1. The van der Waals surface area contributed by atoms with E-state index in [4.69, 9.17) is 21.2 Å². The largest absolute Gasteiger partial charge is 0.381 e. The van der Waals surface area contributed by atoms with Crippen LogP contribution in [-0.4, -0.2) is 35.4 Å². The zero-order valence-electron chi connectivity index (χ0n) is 23.6. The number of nitrogens with one attached hydrogen (secondary N) is 3. The van der Waals surface area contributed by atoms with Crippen molar-refractivity contribution in [2.45, 2.75) is 32.1 Å². The first kappa shape index (κ1) is 29.3. The lowest BCUT2D eigenvalue weighted by Gasteiger charge is -2.22. The van der Waals surface area contributed by atoms with Crippen molar-refractivity contribution in [1.82, 2.24) is 10.5 Å². The van der Waals surface area contributed by atoms with E-state index in [-0.39, 0.29) is 27.9 Å². The van der Waals surface area contributed by atoms with E-state index in [1.54, 1.807) is 24.3 Å². The molecule has 2 heterocycles. The van der Waals surface area contributed by atoms with E-state index in [1.165, 1.54) is 12.3 Å². The smallest absolute Gasteiger partial charge is 0.275 e. The summed E-state index contributed by atoms with van der Waals surface area (Å²) >= 11 is 6.26. The predicted octanol–water partition coefficient (Wildman–Crippen LogP) is 6.49. The van der Waals surface area contributed by atoms with Crippen molar-refractivity contribution >= 4 is 40.4 Å². The number of rotatable bonds is 9. The highest BCUT2D eigenvalue weighted by atomic mass is 35.5. The van der Waals surface area contributed by atoms with Crippen molar-refractivity contribution < 1.29 is 24.0 Å². The molecule has 9 nitrogen and oxygen atoms in total. The molecule has 0 radical (unpaired) electrons. The molecule has 1 saturated heterocycles. The van der Waals surface area contributed by atoms with E-state index < -0.39 is 17.9 Å². The zero-order chi connectivity index (χ0) is 30.5. The van der Waals surface area contributed by atoms with E-state index in [0.29, 0.717) is 24.4 Å². The maximum absolute atomic E-state index is 13.1. The van der Waals surface area contributed by atoms with Crippen LogP contribution in [0.3, 0.4) is 0 Å². The first-order chi connectivity index (χ1) is 21.5. The Balaban J connectivity index is 1.13. The first-order valence-electron chi connectivity index (χ1n) is 14.3. The van der Waals surface area contributed by atoms with Crippen molar-refractivity contribution in [3.8, 4) is 11.1 Å². The molecule has 1 aliphatic carbocycles. The second-order valence-corrected chi connectivity index (χ2v) is 10.8. The van der Waals surface area contributed by atoms with Crippen LogP contribution in [0.4, 0.5) is 11.4 Å². The van der Waals surface area contributed by atoms with Gasteiger partial charge in [-0.2, -0.15) is 0 Å². The highest BCUT2D eigenvalue weighted by Gasteiger charge is 2.32. The average molecular weight is 609 g/mol. The molecule has 3 N–H and O–H groups in total. The Kier molecular flexibility index (Phi) is 8.79. The standard InChI is InChI=1S/C34H29ClN4O5/c35-29-31(33(41)30-26(32(29)40)9-6-17-36-30)38-24-14-12-23(13-15-24)37-20-21-11-16-25(27(19-21)22-7-2-1-3-8-22)34(42)39-44-28-10-4-5-18-43-28/h1-3,6-9,11-17,19,28,37-38H,4-5,10,18,20H2,(H,39,42). The number of allylic oxidation sites excluding steroid dienone is 2. The number of Topliss-reactive ketones (excluding diaryl/α,β-unsaturated/α-hetero) is 2. The molecule has 3 aromatic carbocycles. The molecule has 1 unspecified atom stereocenters. The molecule has 44 heavy (non-hydrogen) atoms. The molecule has 222 valence electrons. The third-order valence-corrected chi connectivity index (χ3v) is 7.76. The maximum Gasteiger partial charge on any atom is 0.275 e. The number of pyridine rings is 1. The second-order valence-electron chi connectivity index (χ2n) is 10.4. The number of amides is 1. The highest BCUT2D eigenvalue weighted by Crippen LogP contribution is 2.29. The predicted molar refractivity (Wildman–Crippen MR) is 167 cm³/mol. The van der Waals surface area contributed by atoms with Crippen LogP contribution in [0.1, 0.15) is 56.0 Å². The lowest BCUT2D eigenvalue weighted by molar-refractivity contribution is -0.186. The summed E-state index contributed by atoms with van der Waals surface area (Å²) in [5.74, 6) is -1.22. The minimum Gasteiger partial charge on any atom is -0.381 e. The van der Waals surface area contributed by atoms with Gasteiger partial charge in [-0.05, 0) is 78.1 Å². The zero-order valence-corrected chi connectivity index (χ0v) is 24.4. The van der Waals surface area contributed by atoms with E-state index in [0.717, 1.165) is 41.6 Å². The fourth-order valence-corrected chi connectivity index (χ4v) is 5.32. The number of ether oxygens (including phenoxy) is 1. The summed E-state index contributed by atoms with van der Waals surface area (Å²) in [5.41, 5.74) is 7.40. The fourth-order valence-electron chi connectivity index (χ4n) is 5.09. The van der Waals surface area contributed by atoms with Gasteiger partial charge in [-0.15, -0.1) is 0 Å². The van der Waals surface area contributed by atoms with Crippen LogP contribution in [0.25, 0.3) is 11.1 Å². The molecular formula is C34H29ClN4O5. The Hall–Kier alpha value is -4.83. The lowest BCUT2D eigenvalue weighted by atomic mass is 9.96. The van der Waals surface area contributed by atoms with Gasteiger partial charge in [-0.25, -0.2) is 10.3 Å². The monoisotopic (exact) mass is 608 g/mol. The number of benzene rings is 3. The van der Waals surface area contributed by atoms with Gasteiger partial charge in [0.1, 0.15) is 16.4 Å². The normalized spacial score (nSPS) is 16.3. The number of halogens is 1. The van der Waals surface area contributed by atoms with Gasteiger partial charge in [0.15, 0.2) is 6.29 Å². The Bertz CT molecular complexity index is 1730. The van der Waals surface area contributed by atoms with Crippen molar-refractivity contribution in [2.75, 3.05) is 17.2 Å². The van der Waals surface area contributed by atoms with Crippen LogP contribution in [0.2, 0.25) is 0 Å². The molecule has 2 aliphatic rings. The average Bonchev–Trinajstić information content (AvgIpc) is 3.08. The Morgan fingerprint density at radius 1 is 0.909 bits per heavy atom. The number of carbonyl (C=O) groups excluding carboxylic acids is 3. The van der Waals surface area contributed by atoms with Gasteiger partial charge in [-0.1, -0.05) is 48.0 Å². The van der Waals surface area contributed by atoms with Gasteiger partial charge < -0.3 is 15.4 Å². The molecule has 0 saturated carbocycles. The van der Waals surface area contributed by atoms with E-state index in [1.807, 2.05) is 54.6 Å². The van der Waals surface area contributed by atoms with Gasteiger partial charge in [0.2, 0.25) is 11.6 Å². The second kappa shape index (κ2) is 13.2. The molecule has 1 atom stereocenters. The fraction of sp³-hybridized carbons (Fsp3) is 0.176. The van der Waals surface area contributed by atoms with Crippen LogP contribution < -0.4 is 16.1 Å². The number of nitrogens with zero attached hydrogens (tertiary/aromatic N) is 1. The number of aromatic nitrogens is 1. The summed E-state index contributed by atoms with van der Waals surface area (Å²) < 4.78 is 5.56. The number of ketones is 2. The summed E-state index contributed by atoms with van der Waals surface area (Å²) in [6.45, 7) is 1.12. The summed E-state index contributed by atoms with van der Waals surface area (Å²) in [6, 6.07) is 25.8. The van der Waals surface area contributed by atoms with Crippen LogP contribution in [0, 0.1) is 0 Å². The minimum atomic E-state index is -0.445. The van der Waals surface area contributed by atoms with Crippen LogP contribution in [-0.2, 0) is 16.1 Å². The van der Waals surface area contributed by atoms with Crippen molar-refractivity contribution in [1.29, 1.82) is 0 Å². The Morgan fingerprint density at radius 2 is 1.70 bits per heavy atom. The minimum absolute atomic E-state index is 0.00203. The molecule has 1 aliphatic heterocycles. The molecule has 4 aromatic rings. The molecular weight excluding hydrogens is 580 g/mol. The van der Waals surface area contributed by atoms with E-state index in [2.05, 4.69) is 21.1 Å². The van der Waals surface area contributed by atoms with E-state index in [9.17, 15) is 14.4 Å². The van der Waals surface area contributed by atoms with Crippen LogP contribution in [0.5, 0.6) is 0 Å². The summed E-state index contributed by atoms with van der Waals surface area (Å²) in [5, 5.41) is 6.20. The molecule has 1 aromatic heterocycles. The SMILES string of the molecule is O=C(NOC1CCCCO1)c1ccc(CNc2ccc(NC3=C(Cl)C(=O)c4cccnc4C3=O)cc2)cc1-c1ccccc1. The molecule has 10 heteroatoms. The van der Waals surface area contributed by atoms with Gasteiger partial charge in [0.05, 0.1) is 5.56 Å². The molecule has 1 amide bonds. The highest BCUT2D eigenvalue weighted by molar-refractivity contribution is 6.50. The van der Waals surface area contributed by atoms with Crippen molar-refractivity contribution in [3.05, 3.63) is 124 Å². The van der Waals surface area contributed by atoms with Gasteiger partial charge in [-0.3, -0.25) is 19.4 Å². The summed E-state index contributed by atoms with van der Waals surface area (Å²) in [6.07, 6.45) is 3.76. The Labute approximate surface area is 259 Å². The number of anilines is 2. The van der Waals surface area contributed by atoms with E-state index >= 15 is 0 Å². The third-order valence-electron chi connectivity index (χ3n) is 7.40. The number of hydrogen-bond acceptors (Lipinski definition) is 8. The van der Waals surface area contributed by atoms with Crippen molar-refractivity contribution in [3.63, 3.8) is 0 Å². The van der Waals surface area contributed by atoms with Gasteiger partial charge >= 0.3 is 0 Å². The lowest BCUT2D eigenvalue weighted by Crippen LogP contribution is -2.33. The molecule has 1 fully saturated rings. The maximum atomic E-state index is 13.1. The quantitative estimate of drug-likeness (QED) is 0.185. The molecule has 6 rings (SSSR count). The van der Waals surface area contributed by atoms with Crippen molar-refractivity contribution in [2.24, 2.45) is 0 Å². The van der Waals surface area contributed by atoms with Gasteiger partial charge in [0, 0.05) is 42.7 Å². The third kappa shape index (κ3) is 6.40. The number of fused-ring (bicyclic) bond motifs is 1. The van der Waals surface area contributed by atoms with Crippen LogP contribution in [0.15, 0.2) is 102 Å². The van der Waals surface area contributed by atoms with Crippen LogP contribution >= 0.6 is 11.6 Å². The molecule has 0 spiro atoms. The molecule has 0 bridgehead atoms. The topological polar surface area (TPSA) is 119 Å². The number of carbonyl (C=O) groups is 3. The number of hydrogen-bond donors (Lipinski definition) is 3. The first-order valence-corrected chi connectivity index (χ1v) is 14.7.